The summed E-state index contributed by atoms with van der Waals surface area (Å²) in [5, 5.41) is 4.03. The predicted molar refractivity (Wildman–Crippen MR) is 115 cm³/mol. The highest BCUT2D eigenvalue weighted by Crippen LogP contribution is 2.31. The minimum Gasteiger partial charge on any atom is -0.354 e. The first-order chi connectivity index (χ1) is 14.2. The molecule has 4 rings (SSSR count). The molecule has 0 bridgehead atoms. The Bertz CT molecular complexity index is 1150. The molecular weight excluding hydrogens is 381 g/mol. The summed E-state index contributed by atoms with van der Waals surface area (Å²) in [6.45, 7) is 6.15. The lowest BCUT2D eigenvalue weighted by molar-refractivity contribution is -0.116. The maximum atomic E-state index is 13.3. The molecular formula is C24H24FN3O2. The maximum Gasteiger partial charge on any atom is 0.257 e. The number of aromatic nitrogens is 1. The van der Waals surface area contributed by atoms with Crippen LogP contribution in [0.1, 0.15) is 42.4 Å². The number of carbonyl (C=O) groups is 2. The average molecular weight is 405 g/mol. The van der Waals surface area contributed by atoms with Crippen LogP contribution in [-0.4, -0.2) is 33.8 Å². The first-order valence-corrected chi connectivity index (χ1v) is 9.94. The van der Waals surface area contributed by atoms with Gasteiger partial charge >= 0.3 is 0 Å². The lowest BCUT2D eigenvalue weighted by Crippen LogP contribution is -2.41. The zero-order valence-electron chi connectivity index (χ0n) is 17.3. The molecule has 2 heterocycles. The minimum atomic E-state index is -0.428. The van der Waals surface area contributed by atoms with E-state index in [9.17, 15) is 14.0 Å². The van der Waals surface area contributed by atoms with Gasteiger partial charge in [0.05, 0.1) is 11.3 Å². The Morgan fingerprint density at radius 1 is 1.07 bits per heavy atom. The first kappa shape index (κ1) is 19.9. The molecule has 5 nitrogen and oxygen atoms in total. The zero-order valence-corrected chi connectivity index (χ0v) is 17.3. The van der Waals surface area contributed by atoms with E-state index in [0.29, 0.717) is 24.1 Å². The average Bonchev–Trinajstić information content (AvgIpc) is 2.94. The molecule has 30 heavy (non-hydrogen) atoms. The quantitative estimate of drug-likeness (QED) is 0.669. The summed E-state index contributed by atoms with van der Waals surface area (Å²) >= 11 is 0. The first-order valence-electron chi connectivity index (χ1n) is 9.94. The number of rotatable bonds is 2. The van der Waals surface area contributed by atoms with Gasteiger partial charge in [-0.2, -0.15) is 0 Å². The molecule has 1 aromatic heterocycles. The fraction of sp³-hybridized carbons (Fsp3) is 0.250. The second kappa shape index (κ2) is 7.44. The van der Waals surface area contributed by atoms with Crippen LogP contribution >= 0.6 is 0 Å². The molecule has 0 spiro atoms. The van der Waals surface area contributed by atoms with E-state index in [4.69, 9.17) is 0 Å². The minimum absolute atomic E-state index is 0.255. The second-order valence-electron chi connectivity index (χ2n) is 8.53. The largest absolute Gasteiger partial charge is 0.354 e. The van der Waals surface area contributed by atoms with Crippen molar-refractivity contribution in [2.24, 2.45) is 0 Å². The molecule has 154 valence electrons. The lowest BCUT2D eigenvalue weighted by Gasteiger charge is -2.22. The van der Waals surface area contributed by atoms with Crippen LogP contribution in [0.5, 0.6) is 0 Å². The highest BCUT2D eigenvalue weighted by molar-refractivity contribution is 6.21. The van der Waals surface area contributed by atoms with E-state index in [2.05, 4.69) is 10.3 Å². The molecule has 6 heteroatoms. The Morgan fingerprint density at radius 2 is 1.77 bits per heavy atom. The number of para-hydroxylation sites is 1. The van der Waals surface area contributed by atoms with Gasteiger partial charge in [-0.25, -0.2) is 4.39 Å². The van der Waals surface area contributed by atoms with Gasteiger partial charge < -0.3 is 15.2 Å². The Kier molecular flexibility index (Phi) is 4.94. The fourth-order valence-electron chi connectivity index (χ4n) is 3.71. The van der Waals surface area contributed by atoms with Crippen molar-refractivity contribution in [3.05, 3.63) is 77.4 Å². The molecule has 1 aliphatic heterocycles. The molecule has 0 saturated carbocycles. The van der Waals surface area contributed by atoms with Crippen LogP contribution in [0.15, 0.2) is 54.7 Å². The Hall–Kier alpha value is -3.41. The zero-order chi connectivity index (χ0) is 21.5. The number of benzene rings is 2. The van der Waals surface area contributed by atoms with Gasteiger partial charge in [-0.15, -0.1) is 0 Å². The topological polar surface area (TPSA) is 65.2 Å². The van der Waals surface area contributed by atoms with Gasteiger partial charge in [0.25, 0.3) is 11.8 Å². The molecule has 0 fully saturated rings. The SMILES string of the molecule is CC(C)(C)NC(=O)C1=CN(C(=O)c2ccc(F)cc2)CCc2c1[nH]c1ccccc21. The van der Waals surface area contributed by atoms with Crippen molar-refractivity contribution in [2.45, 2.75) is 32.7 Å². The van der Waals surface area contributed by atoms with Gasteiger partial charge in [-0.05, 0) is 63.1 Å². The Morgan fingerprint density at radius 3 is 2.47 bits per heavy atom. The van der Waals surface area contributed by atoms with Gasteiger partial charge in [0.2, 0.25) is 0 Å². The number of nitrogens with one attached hydrogen (secondary N) is 2. The third kappa shape index (κ3) is 3.85. The van der Waals surface area contributed by atoms with E-state index < -0.39 is 11.4 Å². The van der Waals surface area contributed by atoms with Crippen molar-refractivity contribution in [1.29, 1.82) is 0 Å². The summed E-state index contributed by atoms with van der Waals surface area (Å²) in [6, 6.07) is 13.3. The van der Waals surface area contributed by atoms with Crippen LogP contribution < -0.4 is 5.32 Å². The van der Waals surface area contributed by atoms with E-state index in [1.54, 1.807) is 6.20 Å². The third-order valence-corrected chi connectivity index (χ3v) is 5.06. The van der Waals surface area contributed by atoms with Crippen LogP contribution in [0.25, 0.3) is 16.5 Å². The molecule has 0 radical (unpaired) electrons. The number of carbonyl (C=O) groups excluding carboxylic acids is 2. The van der Waals surface area contributed by atoms with Crippen LogP contribution in [0.3, 0.4) is 0 Å². The number of H-pyrrole nitrogens is 1. The molecule has 2 amide bonds. The molecule has 0 aliphatic carbocycles. The summed E-state index contributed by atoms with van der Waals surface area (Å²) in [5.41, 5.74) is 3.04. The van der Waals surface area contributed by atoms with Crippen molar-refractivity contribution in [1.82, 2.24) is 15.2 Å². The van der Waals surface area contributed by atoms with Gasteiger partial charge in [0, 0.05) is 34.8 Å². The van der Waals surface area contributed by atoms with E-state index in [-0.39, 0.29) is 11.8 Å². The number of aromatic amines is 1. The van der Waals surface area contributed by atoms with Crippen LogP contribution in [0.4, 0.5) is 4.39 Å². The van der Waals surface area contributed by atoms with Crippen molar-refractivity contribution in [3.63, 3.8) is 0 Å². The highest BCUT2D eigenvalue weighted by Gasteiger charge is 2.28. The number of fused-ring (bicyclic) bond motifs is 3. The monoisotopic (exact) mass is 405 g/mol. The number of hydrogen-bond donors (Lipinski definition) is 2. The Balaban J connectivity index is 1.79. The molecule has 2 N–H and O–H groups in total. The standard InChI is InChI=1S/C24H24FN3O2/c1-24(2,3)27-22(29)19-14-28(23(30)15-8-10-16(25)11-9-15)13-12-18-17-6-4-5-7-20(17)26-21(18)19/h4-11,14,26H,12-13H2,1-3H3,(H,27,29). The summed E-state index contributed by atoms with van der Waals surface area (Å²) in [6.07, 6.45) is 2.20. The van der Waals surface area contributed by atoms with Crippen molar-refractivity contribution in [2.75, 3.05) is 6.54 Å². The smallest absolute Gasteiger partial charge is 0.257 e. The number of halogens is 1. The van der Waals surface area contributed by atoms with E-state index >= 15 is 0 Å². The summed E-state index contributed by atoms with van der Waals surface area (Å²) < 4.78 is 13.3. The fourth-order valence-corrected chi connectivity index (χ4v) is 3.71. The van der Waals surface area contributed by atoms with Gasteiger partial charge in [0.15, 0.2) is 0 Å². The maximum absolute atomic E-state index is 13.3. The normalized spacial score (nSPS) is 14.1. The van der Waals surface area contributed by atoms with Crippen molar-refractivity contribution in [3.8, 4) is 0 Å². The third-order valence-electron chi connectivity index (χ3n) is 5.06. The van der Waals surface area contributed by atoms with Crippen LogP contribution in [0, 0.1) is 5.82 Å². The van der Waals surface area contributed by atoms with Gasteiger partial charge in [0.1, 0.15) is 5.82 Å². The Labute approximate surface area is 174 Å². The van der Waals surface area contributed by atoms with E-state index in [1.165, 1.54) is 29.2 Å². The van der Waals surface area contributed by atoms with E-state index in [1.807, 2.05) is 45.0 Å². The van der Waals surface area contributed by atoms with Crippen LogP contribution in [-0.2, 0) is 11.2 Å². The predicted octanol–water partition coefficient (Wildman–Crippen LogP) is 4.26. The lowest BCUT2D eigenvalue weighted by atomic mass is 10.0. The molecule has 0 saturated heterocycles. The molecule has 2 aromatic carbocycles. The summed E-state index contributed by atoms with van der Waals surface area (Å²) in [4.78, 5) is 31.1. The van der Waals surface area contributed by atoms with E-state index in [0.717, 1.165) is 22.2 Å². The van der Waals surface area contributed by atoms with Crippen LogP contribution in [0.2, 0.25) is 0 Å². The molecule has 1 aliphatic rings. The van der Waals surface area contributed by atoms with Crippen molar-refractivity contribution < 1.29 is 14.0 Å². The number of amides is 2. The second-order valence-corrected chi connectivity index (χ2v) is 8.53. The number of hydrogen-bond acceptors (Lipinski definition) is 2. The van der Waals surface area contributed by atoms with Gasteiger partial charge in [-0.3, -0.25) is 9.59 Å². The highest BCUT2D eigenvalue weighted by atomic mass is 19.1. The summed E-state index contributed by atoms with van der Waals surface area (Å²) in [7, 11) is 0. The number of nitrogens with zero attached hydrogens (tertiary/aromatic N) is 1. The van der Waals surface area contributed by atoms with Gasteiger partial charge in [-0.1, -0.05) is 18.2 Å². The van der Waals surface area contributed by atoms with Crippen molar-refractivity contribution >= 4 is 28.3 Å². The molecule has 0 atom stereocenters. The summed E-state index contributed by atoms with van der Waals surface area (Å²) in [5.74, 6) is -0.927. The molecule has 3 aromatic rings. The molecule has 0 unspecified atom stereocenters.